The normalized spacial score (nSPS) is 12.5. The fourth-order valence-electron chi connectivity index (χ4n) is 2.03. The zero-order chi connectivity index (χ0) is 16.9. The summed E-state index contributed by atoms with van der Waals surface area (Å²) in [6, 6.07) is 4.92. The highest BCUT2D eigenvalue weighted by Crippen LogP contribution is 2.37. The van der Waals surface area contributed by atoms with Crippen LogP contribution >= 0.6 is 0 Å². The minimum atomic E-state index is -4.57. The van der Waals surface area contributed by atoms with Gasteiger partial charge < -0.3 is 10.1 Å². The fraction of sp³-hybridized carbons (Fsp3) is 0.267. The van der Waals surface area contributed by atoms with Crippen molar-refractivity contribution in [3.05, 3.63) is 59.7 Å². The van der Waals surface area contributed by atoms with Crippen LogP contribution in [0.5, 0.6) is 0 Å². The van der Waals surface area contributed by atoms with E-state index < -0.39 is 23.9 Å². The lowest BCUT2D eigenvalue weighted by atomic mass is 9.98. The molecule has 2 aromatic rings. The molecule has 0 aliphatic heterocycles. The largest absolute Gasteiger partial charge is 0.436 e. The molecule has 0 aliphatic carbocycles. The molecule has 1 heterocycles. The number of carbonyl (C=O) groups excluding carboxylic acids is 1. The predicted molar refractivity (Wildman–Crippen MR) is 75.5 cm³/mol. The Hall–Kier alpha value is -2.64. The molecular formula is C15H14F3N3O2. The van der Waals surface area contributed by atoms with Crippen LogP contribution < -0.4 is 5.32 Å². The van der Waals surface area contributed by atoms with Crippen LogP contribution in [0.25, 0.3) is 0 Å². The molecule has 1 amide bonds. The quantitative estimate of drug-likeness (QED) is 0.936. The van der Waals surface area contributed by atoms with Gasteiger partial charge in [-0.3, -0.25) is 0 Å². The molecule has 0 spiro atoms. The van der Waals surface area contributed by atoms with Gasteiger partial charge in [0.2, 0.25) is 0 Å². The average molecular weight is 325 g/mol. The highest BCUT2D eigenvalue weighted by Gasteiger charge is 2.36. The van der Waals surface area contributed by atoms with Crippen molar-refractivity contribution in [2.24, 2.45) is 0 Å². The number of benzene rings is 1. The number of rotatable bonds is 4. The summed E-state index contributed by atoms with van der Waals surface area (Å²) in [5.74, 6) is 0. The first-order valence-electron chi connectivity index (χ1n) is 6.79. The average Bonchev–Trinajstić information content (AvgIpc) is 2.53. The van der Waals surface area contributed by atoms with Gasteiger partial charge in [0.05, 0.1) is 5.56 Å². The monoisotopic (exact) mass is 325 g/mol. The first kappa shape index (κ1) is 16.7. The van der Waals surface area contributed by atoms with Gasteiger partial charge in [0.1, 0.15) is 6.33 Å². The molecule has 1 unspecified atom stereocenters. The Morgan fingerprint density at radius 2 is 1.91 bits per heavy atom. The molecule has 122 valence electrons. The van der Waals surface area contributed by atoms with E-state index in [0.29, 0.717) is 0 Å². The summed E-state index contributed by atoms with van der Waals surface area (Å²) in [7, 11) is 0. The number of nitrogens with zero attached hydrogens (tertiary/aromatic N) is 2. The summed E-state index contributed by atoms with van der Waals surface area (Å²) in [6.45, 7) is 1.96. The van der Waals surface area contributed by atoms with E-state index in [1.54, 1.807) is 6.92 Å². The molecule has 0 bridgehead atoms. The molecule has 1 aromatic carbocycles. The molecule has 8 heteroatoms. The molecule has 0 fully saturated rings. The van der Waals surface area contributed by atoms with Crippen LogP contribution in [0.2, 0.25) is 0 Å². The van der Waals surface area contributed by atoms with E-state index in [9.17, 15) is 18.0 Å². The summed E-state index contributed by atoms with van der Waals surface area (Å²) in [5.41, 5.74) is -0.811. The maximum Gasteiger partial charge on any atom is 0.416 e. The zero-order valence-electron chi connectivity index (χ0n) is 12.2. The minimum absolute atomic E-state index is 0.180. The number of alkyl carbamates (subject to hydrolysis) is 1. The SMILES string of the molecule is CCNC(=O)OC(c1cncnc1)c1ccccc1C(F)(F)F. The lowest BCUT2D eigenvalue weighted by molar-refractivity contribution is -0.139. The van der Waals surface area contributed by atoms with E-state index in [4.69, 9.17) is 4.74 Å². The maximum atomic E-state index is 13.2. The van der Waals surface area contributed by atoms with Crippen molar-refractivity contribution in [1.82, 2.24) is 15.3 Å². The van der Waals surface area contributed by atoms with Crippen LogP contribution in [-0.4, -0.2) is 22.6 Å². The van der Waals surface area contributed by atoms with Gasteiger partial charge in [0.15, 0.2) is 6.10 Å². The van der Waals surface area contributed by atoms with Crippen molar-refractivity contribution >= 4 is 6.09 Å². The second kappa shape index (κ2) is 7.08. The predicted octanol–water partition coefficient (Wildman–Crippen LogP) is 3.33. The van der Waals surface area contributed by atoms with Gasteiger partial charge in [-0.15, -0.1) is 0 Å². The van der Waals surface area contributed by atoms with Gasteiger partial charge in [-0.05, 0) is 13.0 Å². The molecule has 0 saturated heterocycles. The number of ether oxygens (including phenoxy) is 1. The summed E-state index contributed by atoms with van der Waals surface area (Å²) in [5, 5.41) is 2.39. The second-order valence-corrected chi connectivity index (χ2v) is 4.57. The maximum absolute atomic E-state index is 13.2. The van der Waals surface area contributed by atoms with E-state index in [0.717, 1.165) is 6.07 Å². The molecule has 0 saturated carbocycles. The van der Waals surface area contributed by atoms with Crippen LogP contribution in [0.4, 0.5) is 18.0 Å². The number of hydrogen-bond acceptors (Lipinski definition) is 4. The lowest BCUT2D eigenvalue weighted by Crippen LogP contribution is -2.27. The number of carbonyl (C=O) groups is 1. The third-order valence-corrected chi connectivity index (χ3v) is 2.98. The van der Waals surface area contributed by atoms with E-state index in [1.807, 2.05) is 0 Å². The Morgan fingerprint density at radius 1 is 1.26 bits per heavy atom. The summed E-state index contributed by atoms with van der Waals surface area (Å²) in [4.78, 5) is 19.2. The van der Waals surface area contributed by atoms with Crippen LogP contribution in [0.15, 0.2) is 43.0 Å². The first-order valence-corrected chi connectivity index (χ1v) is 6.79. The summed E-state index contributed by atoms with van der Waals surface area (Å²) < 4.78 is 44.8. The van der Waals surface area contributed by atoms with Gasteiger partial charge >= 0.3 is 12.3 Å². The van der Waals surface area contributed by atoms with Crippen molar-refractivity contribution in [2.75, 3.05) is 6.54 Å². The zero-order valence-corrected chi connectivity index (χ0v) is 12.2. The molecule has 0 radical (unpaired) electrons. The Bertz CT molecular complexity index is 663. The molecule has 1 aromatic heterocycles. The van der Waals surface area contributed by atoms with E-state index in [1.165, 1.54) is 36.9 Å². The molecule has 2 rings (SSSR count). The Balaban J connectivity index is 2.48. The number of halogens is 3. The Labute approximate surface area is 130 Å². The molecule has 1 atom stereocenters. The van der Waals surface area contributed by atoms with Crippen molar-refractivity contribution in [1.29, 1.82) is 0 Å². The molecule has 0 aliphatic rings. The lowest BCUT2D eigenvalue weighted by Gasteiger charge is -2.22. The van der Waals surface area contributed by atoms with Gasteiger partial charge in [0.25, 0.3) is 0 Å². The van der Waals surface area contributed by atoms with Crippen LogP contribution in [0, 0.1) is 0 Å². The molecule has 23 heavy (non-hydrogen) atoms. The summed E-state index contributed by atoms with van der Waals surface area (Å²) >= 11 is 0. The van der Waals surface area contributed by atoms with Gasteiger partial charge in [-0.1, -0.05) is 18.2 Å². The highest BCUT2D eigenvalue weighted by atomic mass is 19.4. The third kappa shape index (κ3) is 4.18. The number of nitrogens with one attached hydrogen (secondary N) is 1. The van der Waals surface area contributed by atoms with E-state index >= 15 is 0 Å². The van der Waals surface area contributed by atoms with Gasteiger partial charge in [0, 0.05) is 30.1 Å². The molecular weight excluding hydrogens is 311 g/mol. The number of alkyl halides is 3. The Morgan fingerprint density at radius 3 is 2.52 bits per heavy atom. The fourth-order valence-corrected chi connectivity index (χ4v) is 2.03. The van der Waals surface area contributed by atoms with Crippen molar-refractivity contribution in [3.63, 3.8) is 0 Å². The summed E-state index contributed by atoms with van der Waals surface area (Å²) in [6.07, 6.45) is -2.80. The van der Waals surface area contributed by atoms with Gasteiger partial charge in [-0.25, -0.2) is 14.8 Å². The van der Waals surface area contributed by atoms with E-state index in [-0.39, 0.29) is 17.7 Å². The van der Waals surface area contributed by atoms with Crippen LogP contribution in [0.3, 0.4) is 0 Å². The molecule has 5 nitrogen and oxygen atoms in total. The van der Waals surface area contributed by atoms with Crippen molar-refractivity contribution in [2.45, 2.75) is 19.2 Å². The number of aromatic nitrogens is 2. The van der Waals surface area contributed by atoms with Crippen molar-refractivity contribution < 1.29 is 22.7 Å². The standard InChI is InChI=1S/C15H14F3N3O2/c1-2-21-14(22)23-13(10-7-19-9-20-8-10)11-5-3-4-6-12(11)15(16,17)18/h3-9,13H,2H2,1H3,(H,21,22). The van der Waals surface area contributed by atoms with Gasteiger partial charge in [-0.2, -0.15) is 13.2 Å². The van der Waals surface area contributed by atoms with Crippen molar-refractivity contribution in [3.8, 4) is 0 Å². The van der Waals surface area contributed by atoms with Crippen LogP contribution in [0.1, 0.15) is 29.7 Å². The van der Waals surface area contributed by atoms with E-state index in [2.05, 4.69) is 15.3 Å². The number of hydrogen-bond donors (Lipinski definition) is 1. The first-order chi connectivity index (χ1) is 10.9. The van der Waals surface area contributed by atoms with Crippen LogP contribution in [-0.2, 0) is 10.9 Å². The molecule has 1 N–H and O–H groups in total. The Kier molecular flexibility index (Phi) is 5.15. The smallest absolute Gasteiger partial charge is 0.416 e. The second-order valence-electron chi connectivity index (χ2n) is 4.57. The topological polar surface area (TPSA) is 64.1 Å². The third-order valence-electron chi connectivity index (χ3n) is 2.98. The minimum Gasteiger partial charge on any atom is -0.436 e. The highest BCUT2D eigenvalue weighted by molar-refractivity contribution is 5.68. The number of amides is 1.